The van der Waals surface area contributed by atoms with Crippen molar-refractivity contribution >= 4 is 11.6 Å². The Morgan fingerprint density at radius 3 is 2.62 bits per heavy atom. The molecular weight excluding hydrogens is 300 g/mol. The first-order valence-corrected chi connectivity index (χ1v) is 8.00. The van der Waals surface area contributed by atoms with Crippen LogP contribution in [0.2, 0.25) is 0 Å². The number of amides is 1. The minimum Gasteiger partial charge on any atom is -0.325 e. The van der Waals surface area contributed by atoms with Crippen molar-refractivity contribution in [1.29, 1.82) is 0 Å². The molecule has 0 saturated carbocycles. The Balaban J connectivity index is 1.80. The lowest BCUT2D eigenvalue weighted by molar-refractivity contribution is -0.115. The second kappa shape index (κ2) is 7.08. The monoisotopic (exact) mass is 320 g/mol. The number of carbonyl (C=O) groups excluding carboxylic acids is 1. The van der Waals surface area contributed by atoms with Gasteiger partial charge in [-0.25, -0.2) is 0 Å². The van der Waals surface area contributed by atoms with Crippen LogP contribution in [0.5, 0.6) is 0 Å². The summed E-state index contributed by atoms with van der Waals surface area (Å²) < 4.78 is 1.95. The standard InChI is InChI=1S/C19H20N4O/c1-3-23-13-20-22-19(23)16-6-4-5-7-17(16)21-18(24)12-15-10-8-14(2)9-11-15/h4-11,13H,3,12H2,1-2H3,(H,21,24). The molecule has 3 aromatic rings. The van der Waals surface area contributed by atoms with Gasteiger partial charge < -0.3 is 9.88 Å². The molecule has 0 radical (unpaired) electrons. The fraction of sp³-hybridized carbons (Fsp3) is 0.211. The third kappa shape index (κ3) is 3.51. The molecule has 0 aliphatic heterocycles. The molecular formula is C19H20N4O. The molecule has 0 saturated heterocycles. The minimum atomic E-state index is -0.0473. The molecule has 0 fully saturated rings. The van der Waals surface area contributed by atoms with Crippen molar-refractivity contribution in [1.82, 2.24) is 14.8 Å². The highest BCUT2D eigenvalue weighted by Gasteiger charge is 2.13. The van der Waals surface area contributed by atoms with Crippen molar-refractivity contribution in [3.05, 3.63) is 66.0 Å². The highest BCUT2D eigenvalue weighted by atomic mass is 16.1. The summed E-state index contributed by atoms with van der Waals surface area (Å²) in [6.07, 6.45) is 2.04. The number of hydrogen-bond acceptors (Lipinski definition) is 3. The van der Waals surface area contributed by atoms with Crippen LogP contribution in [0.1, 0.15) is 18.1 Å². The Hall–Kier alpha value is -2.95. The van der Waals surface area contributed by atoms with Crippen LogP contribution in [0, 0.1) is 6.92 Å². The van der Waals surface area contributed by atoms with E-state index in [9.17, 15) is 4.79 Å². The van der Waals surface area contributed by atoms with E-state index >= 15 is 0 Å². The van der Waals surface area contributed by atoms with Gasteiger partial charge in [0.15, 0.2) is 5.82 Å². The van der Waals surface area contributed by atoms with Gasteiger partial charge in [0, 0.05) is 12.1 Å². The minimum absolute atomic E-state index is 0.0473. The first-order valence-electron chi connectivity index (χ1n) is 8.00. The van der Waals surface area contributed by atoms with E-state index in [0.717, 1.165) is 29.2 Å². The molecule has 1 aromatic heterocycles. The van der Waals surface area contributed by atoms with Crippen LogP contribution in [-0.2, 0) is 17.8 Å². The average Bonchev–Trinajstić information content (AvgIpc) is 3.06. The topological polar surface area (TPSA) is 59.8 Å². The lowest BCUT2D eigenvalue weighted by atomic mass is 10.1. The number of nitrogens with zero attached hydrogens (tertiary/aromatic N) is 3. The largest absolute Gasteiger partial charge is 0.325 e. The number of anilines is 1. The zero-order chi connectivity index (χ0) is 16.9. The van der Waals surface area contributed by atoms with Crippen molar-refractivity contribution in [3.63, 3.8) is 0 Å². The molecule has 24 heavy (non-hydrogen) atoms. The van der Waals surface area contributed by atoms with Gasteiger partial charge >= 0.3 is 0 Å². The van der Waals surface area contributed by atoms with Gasteiger partial charge in [0.25, 0.3) is 0 Å². The second-order valence-electron chi connectivity index (χ2n) is 5.70. The highest BCUT2D eigenvalue weighted by molar-refractivity contribution is 5.95. The summed E-state index contributed by atoms with van der Waals surface area (Å²) in [6, 6.07) is 15.6. The first kappa shape index (κ1) is 15.9. The molecule has 122 valence electrons. The average molecular weight is 320 g/mol. The molecule has 0 aliphatic carbocycles. The van der Waals surface area contributed by atoms with E-state index in [-0.39, 0.29) is 5.91 Å². The highest BCUT2D eigenvalue weighted by Crippen LogP contribution is 2.26. The smallest absolute Gasteiger partial charge is 0.228 e. The van der Waals surface area contributed by atoms with Gasteiger partial charge in [-0.2, -0.15) is 0 Å². The summed E-state index contributed by atoms with van der Waals surface area (Å²) in [7, 11) is 0. The SMILES string of the molecule is CCn1cnnc1-c1ccccc1NC(=O)Cc1ccc(C)cc1. The van der Waals surface area contributed by atoms with E-state index in [4.69, 9.17) is 0 Å². The molecule has 3 rings (SSSR count). The summed E-state index contributed by atoms with van der Waals surface area (Å²) in [5.74, 6) is 0.706. The number of hydrogen-bond donors (Lipinski definition) is 1. The first-order chi connectivity index (χ1) is 11.7. The summed E-state index contributed by atoms with van der Waals surface area (Å²) >= 11 is 0. The Labute approximate surface area is 141 Å². The summed E-state index contributed by atoms with van der Waals surface area (Å²) in [5.41, 5.74) is 3.79. The number of carbonyl (C=O) groups is 1. The van der Waals surface area contributed by atoms with E-state index in [1.165, 1.54) is 5.56 Å². The van der Waals surface area contributed by atoms with Crippen LogP contribution in [0.4, 0.5) is 5.69 Å². The van der Waals surface area contributed by atoms with Crippen molar-refractivity contribution < 1.29 is 4.79 Å². The molecule has 2 aromatic carbocycles. The maximum Gasteiger partial charge on any atom is 0.228 e. The van der Waals surface area contributed by atoms with Crippen LogP contribution in [-0.4, -0.2) is 20.7 Å². The molecule has 0 atom stereocenters. The zero-order valence-electron chi connectivity index (χ0n) is 13.9. The van der Waals surface area contributed by atoms with E-state index in [2.05, 4.69) is 15.5 Å². The quantitative estimate of drug-likeness (QED) is 0.783. The van der Waals surface area contributed by atoms with E-state index in [0.29, 0.717) is 6.42 Å². The predicted molar refractivity (Wildman–Crippen MR) is 94.6 cm³/mol. The number of benzene rings is 2. The van der Waals surface area contributed by atoms with Crippen molar-refractivity contribution in [2.24, 2.45) is 0 Å². The van der Waals surface area contributed by atoms with E-state index in [1.54, 1.807) is 6.33 Å². The number of nitrogens with one attached hydrogen (secondary N) is 1. The molecule has 1 amide bonds. The van der Waals surface area contributed by atoms with Gasteiger partial charge in [-0.3, -0.25) is 4.79 Å². The summed E-state index contributed by atoms with van der Waals surface area (Å²) in [5, 5.41) is 11.1. The molecule has 5 heteroatoms. The van der Waals surface area contributed by atoms with Crippen LogP contribution in [0.15, 0.2) is 54.9 Å². The van der Waals surface area contributed by atoms with E-state index < -0.39 is 0 Å². The predicted octanol–water partition coefficient (Wildman–Crippen LogP) is 3.45. The summed E-state index contributed by atoms with van der Waals surface area (Å²) in [6.45, 7) is 4.84. The van der Waals surface area contributed by atoms with Crippen molar-refractivity contribution in [2.75, 3.05) is 5.32 Å². The Morgan fingerprint density at radius 2 is 1.88 bits per heavy atom. The number of aryl methyl sites for hydroxylation is 2. The normalized spacial score (nSPS) is 10.6. The molecule has 0 spiro atoms. The van der Waals surface area contributed by atoms with Crippen molar-refractivity contribution in [2.45, 2.75) is 26.8 Å². The maximum atomic E-state index is 12.4. The summed E-state index contributed by atoms with van der Waals surface area (Å²) in [4.78, 5) is 12.4. The molecule has 0 aliphatic rings. The third-order valence-corrected chi connectivity index (χ3v) is 3.88. The second-order valence-corrected chi connectivity index (χ2v) is 5.70. The van der Waals surface area contributed by atoms with Crippen LogP contribution >= 0.6 is 0 Å². The fourth-order valence-corrected chi connectivity index (χ4v) is 2.57. The fourth-order valence-electron chi connectivity index (χ4n) is 2.57. The van der Waals surface area contributed by atoms with Gasteiger partial charge in [0.2, 0.25) is 5.91 Å². The van der Waals surface area contributed by atoms with Crippen LogP contribution in [0.25, 0.3) is 11.4 Å². The Kier molecular flexibility index (Phi) is 4.70. The van der Waals surface area contributed by atoms with E-state index in [1.807, 2.05) is 66.9 Å². The van der Waals surface area contributed by atoms with Gasteiger partial charge in [-0.05, 0) is 31.5 Å². The zero-order valence-corrected chi connectivity index (χ0v) is 13.9. The number of rotatable bonds is 5. The van der Waals surface area contributed by atoms with Crippen molar-refractivity contribution in [3.8, 4) is 11.4 Å². The molecule has 5 nitrogen and oxygen atoms in total. The molecule has 0 unspecified atom stereocenters. The lowest BCUT2D eigenvalue weighted by Crippen LogP contribution is -2.15. The third-order valence-electron chi connectivity index (χ3n) is 3.88. The molecule has 1 N–H and O–H groups in total. The van der Waals surface area contributed by atoms with Gasteiger partial charge in [0.1, 0.15) is 6.33 Å². The van der Waals surface area contributed by atoms with Gasteiger partial charge in [-0.1, -0.05) is 42.0 Å². The van der Waals surface area contributed by atoms with Gasteiger partial charge in [-0.15, -0.1) is 10.2 Å². The maximum absolute atomic E-state index is 12.4. The Morgan fingerprint density at radius 1 is 1.12 bits per heavy atom. The lowest BCUT2D eigenvalue weighted by Gasteiger charge is -2.11. The van der Waals surface area contributed by atoms with Gasteiger partial charge in [0.05, 0.1) is 12.1 Å². The Bertz CT molecular complexity index is 837. The number of aromatic nitrogens is 3. The number of para-hydroxylation sites is 1. The van der Waals surface area contributed by atoms with Crippen LogP contribution < -0.4 is 5.32 Å². The van der Waals surface area contributed by atoms with Crippen LogP contribution in [0.3, 0.4) is 0 Å². The molecule has 0 bridgehead atoms. The molecule has 1 heterocycles.